The lowest BCUT2D eigenvalue weighted by atomic mass is 10.2. The van der Waals surface area contributed by atoms with Gasteiger partial charge in [-0.25, -0.2) is 4.39 Å². The first-order chi connectivity index (χ1) is 9.06. The average molecular weight is 303 g/mol. The van der Waals surface area contributed by atoms with E-state index in [0.717, 1.165) is 6.54 Å². The third-order valence-corrected chi connectivity index (χ3v) is 3.14. The third kappa shape index (κ3) is 4.35. The molecule has 1 aromatic carbocycles. The molecule has 0 aliphatic carbocycles. The van der Waals surface area contributed by atoms with Crippen LogP contribution >= 0.6 is 12.4 Å². The molecule has 1 amide bonds. The van der Waals surface area contributed by atoms with Crippen molar-refractivity contribution < 1.29 is 13.9 Å². The number of halogens is 2. The Labute approximate surface area is 124 Å². The minimum Gasteiger partial charge on any atom is -0.481 e. The molecular weight excluding hydrogens is 283 g/mol. The van der Waals surface area contributed by atoms with Crippen LogP contribution in [0.4, 0.5) is 4.39 Å². The smallest absolute Gasteiger partial charge is 0.263 e. The van der Waals surface area contributed by atoms with Crippen molar-refractivity contribution in [3.05, 3.63) is 30.1 Å². The van der Waals surface area contributed by atoms with Gasteiger partial charge < -0.3 is 15.0 Å². The maximum atomic E-state index is 13.0. The summed E-state index contributed by atoms with van der Waals surface area (Å²) >= 11 is 0. The number of nitrogens with zero attached hydrogens (tertiary/aromatic N) is 1. The molecule has 0 spiro atoms. The number of benzene rings is 1. The minimum absolute atomic E-state index is 0. The Kier molecular flexibility index (Phi) is 6.23. The monoisotopic (exact) mass is 302 g/mol. The third-order valence-electron chi connectivity index (χ3n) is 3.14. The van der Waals surface area contributed by atoms with Gasteiger partial charge >= 0.3 is 0 Å². The highest BCUT2D eigenvalue weighted by molar-refractivity contribution is 5.85. The van der Waals surface area contributed by atoms with Gasteiger partial charge in [-0.05, 0) is 26.0 Å². The van der Waals surface area contributed by atoms with Crippen molar-refractivity contribution in [2.24, 2.45) is 0 Å². The van der Waals surface area contributed by atoms with Crippen LogP contribution in [0.1, 0.15) is 13.8 Å². The number of carbonyl (C=O) groups excluding carboxylic acids is 1. The van der Waals surface area contributed by atoms with E-state index in [-0.39, 0.29) is 24.1 Å². The number of nitrogens with one attached hydrogen (secondary N) is 1. The molecule has 4 nitrogen and oxygen atoms in total. The first-order valence-corrected chi connectivity index (χ1v) is 6.50. The zero-order valence-corrected chi connectivity index (χ0v) is 12.5. The Morgan fingerprint density at radius 3 is 2.95 bits per heavy atom. The maximum absolute atomic E-state index is 13.0. The lowest BCUT2D eigenvalue weighted by molar-refractivity contribution is -0.139. The van der Waals surface area contributed by atoms with Gasteiger partial charge in [0.15, 0.2) is 6.10 Å². The molecule has 0 bridgehead atoms. The number of piperazine rings is 1. The Morgan fingerprint density at radius 1 is 1.55 bits per heavy atom. The molecule has 1 aliphatic heterocycles. The van der Waals surface area contributed by atoms with Gasteiger partial charge in [-0.15, -0.1) is 12.4 Å². The van der Waals surface area contributed by atoms with Gasteiger partial charge in [-0.2, -0.15) is 0 Å². The molecule has 1 fully saturated rings. The van der Waals surface area contributed by atoms with Crippen molar-refractivity contribution in [2.75, 3.05) is 19.6 Å². The van der Waals surface area contributed by atoms with E-state index in [1.807, 2.05) is 6.92 Å². The summed E-state index contributed by atoms with van der Waals surface area (Å²) in [5, 5.41) is 3.28. The Hall–Kier alpha value is -1.33. The van der Waals surface area contributed by atoms with Gasteiger partial charge in [0.25, 0.3) is 5.91 Å². The number of carbonyl (C=O) groups is 1. The van der Waals surface area contributed by atoms with Crippen molar-refractivity contribution in [2.45, 2.75) is 26.0 Å². The Balaban J connectivity index is 0.00000200. The topological polar surface area (TPSA) is 41.6 Å². The second kappa shape index (κ2) is 7.45. The summed E-state index contributed by atoms with van der Waals surface area (Å²) in [5.74, 6) is -0.0467. The Morgan fingerprint density at radius 2 is 2.30 bits per heavy atom. The number of rotatable bonds is 3. The fourth-order valence-corrected chi connectivity index (χ4v) is 2.18. The molecule has 20 heavy (non-hydrogen) atoms. The highest BCUT2D eigenvalue weighted by Gasteiger charge is 2.25. The molecule has 2 atom stereocenters. The van der Waals surface area contributed by atoms with Crippen LogP contribution in [0, 0.1) is 5.82 Å². The fraction of sp³-hybridized carbons (Fsp3) is 0.500. The Bertz CT molecular complexity index is 459. The molecule has 2 unspecified atom stereocenters. The molecule has 1 aliphatic rings. The maximum Gasteiger partial charge on any atom is 0.263 e. The number of amides is 1. The molecule has 1 aromatic rings. The summed E-state index contributed by atoms with van der Waals surface area (Å²) in [7, 11) is 0. The minimum atomic E-state index is -0.605. The molecule has 1 N–H and O–H groups in total. The van der Waals surface area contributed by atoms with Gasteiger partial charge in [0.2, 0.25) is 0 Å². The molecule has 1 saturated heterocycles. The molecule has 112 valence electrons. The predicted octanol–water partition coefficient (Wildman–Crippen LogP) is 1.84. The van der Waals surface area contributed by atoms with Crippen LogP contribution in [-0.4, -0.2) is 42.6 Å². The standard InChI is InChI=1S/C14H19FN2O2.ClH/c1-10-9-17(7-6-16-10)14(18)11(2)19-13-5-3-4-12(15)8-13;/h3-5,8,10-11,16H,6-7,9H2,1-2H3;1H. The van der Waals surface area contributed by atoms with Crippen LogP contribution in [0.25, 0.3) is 0 Å². The molecule has 0 saturated carbocycles. The van der Waals surface area contributed by atoms with E-state index in [9.17, 15) is 9.18 Å². The van der Waals surface area contributed by atoms with Gasteiger partial charge in [-0.1, -0.05) is 6.07 Å². The van der Waals surface area contributed by atoms with Gasteiger partial charge in [0.05, 0.1) is 0 Å². The second-order valence-corrected chi connectivity index (χ2v) is 4.86. The van der Waals surface area contributed by atoms with Gasteiger partial charge in [0, 0.05) is 31.7 Å². The normalized spacial score (nSPS) is 19.9. The quantitative estimate of drug-likeness (QED) is 0.926. The van der Waals surface area contributed by atoms with Crippen LogP contribution < -0.4 is 10.1 Å². The van der Waals surface area contributed by atoms with Crippen LogP contribution in [0.3, 0.4) is 0 Å². The summed E-state index contributed by atoms with van der Waals surface area (Å²) in [6.45, 7) is 5.88. The van der Waals surface area contributed by atoms with Crippen molar-refractivity contribution in [1.82, 2.24) is 10.2 Å². The first-order valence-electron chi connectivity index (χ1n) is 6.50. The number of ether oxygens (including phenoxy) is 1. The number of hydrogen-bond acceptors (Lipinski definition) is 3. The molecular formula is C14H20ClFN2O2. The zero-order chi connectivity index (χ0) is 13.8. The van der Waals surface area contributed by atoms with Gasteiger partial charge in [-0.3, -0.25) is 4.79 Å². The van der Waals surface area contributed by atoms with E-state index < -0.39 is 6.10 Å². The van der Waals surface area contributed by atoms with Crippen molar-refractivity contribution in [3.8, 4) is 5.75 Å². The predicted molar refractivity (Wildman–Crippen MR) is 77.8 cm³/mol. The van der Waals surface area contributed by atoms with Gasteiger partial charge in [0.1, 0.15) is 11.6 Å². The highest BCUT2D eigenvalue weighted by Crippen LogP contribution is 2.15. The number of hydrogen-bond donors (Lipinski definition) is 1. The van der Waals surface area contributed by atoms with E-state index in [2.05, 4.69) is 5.32 Å². The molecule has 2 rings (SSSR count). The van der Waals surface area contributed by atoms with Crippen LogP contribution in [-0.2, 0) is 4.79 Å². The van der Waals surface area contributed by atoms with E-state index in [1.54, 1.807) is 24.0 Å². The molecule has 6 heteroatoms. The fourth-order valence-electron chi connectivity index (χ4n) is 2.18. The molecule has 0 radical (unpaired) electrons. The summed E-state index contributed by atoms with van der Waals surface area (Å²) in [5.41, 5.74) is 0. The van der Waals surface area contributed by atoms with Crippen molar-refractivity contribution in [3.63, 3.8) is 0 Å². The van der Waals surface area contributed by atoms with Crippen LogP contribution in [0.15, 0.2) is 24.3 Å². The van der Waals surface area contributed by atoms with E-state index in [1.165, 1.54) is 12.1 Å². The van der Waals surface area contributed by atoms with E-state index in [0.29, 0.717) is 24.9 Å². The van der Waals surface area contributed by atoms with Crippen LogP contribution in [0.5, 0.6) is 5.75 Å². The van der Waals surface area contributed by atoms with E-state index >= 15 is 0 Å². The summed E-state index contributed by atoms with van der Waals surface area (Å²) in [6, 6.07) is 6.13. The zero-order valence-electron chi connectivity index (χ0n) is 11.6. The molecule has 1 heterocycles. The molecule has 0 aromatic heterocycles. The highest BCUT2D eigenvalue weighted by atomic mass is 35.5. The van der Waals surface area contributed by atoms with E-state index in [4.69, 9.17) is 4.74 Å². The SMILES string of the molecule is CC1CN(C(=O)C(C)Oc2cccc(F)c2)CCN1.Cl. The first kappa shape index (κ1) is 16.7. The lowest BCUT2D eigenvalue weighted by Gasteiger charge is -2.33. The van der Waals surface area contributed by atoms with Crippen molar-refractivity contribution in [1.29, 1.82) is 0 Å². The average Bonchev–Trinajstić information content (AvgIpc) is 2.38. The summed E-state index contributed by atoms with van der Waals surface area (Å²) in [4.78, 5) is 14.0. The summed E-state index contributed by atoms with van der Waals surface area (Å²) < 4.78 is 18.5. The van der Waals surface area contributed by atoms with Crippen molar-refractivity contribution >= 4 is 18.3 Å². The second-order valence-electron chi connectivity index (χ2n) is 4.86. The largest absolute Gasteiger partial charge is 0.481 e. The van der Waals surface area contributed by atoms with Crippen LogP contribution in [0.2, 0.25) is 0 Å². The lowest BCUT2D eigenvalue weighted by Crippen LogP contribution is -2.54. The summed E-state index contributed by atoms with van der Waals surface area (Å²) in [6.07, 6.45) is -0.605.